The van der Waals surface area contributed by atoms with E-state index < -0.39 is 0 Å². The summed E-state index contributed by atoms with van der Waals surface area (Å²) >= 11 is 1.52. The Labute approximate surface area is 247 Å². The number of ether oxygens (including phenoxy) is 2. The lowest BCUT2D eigenvalue weighted by Gasteiger charge is -2.38. The van der Waals surface area contributed by atoms with Gasteiger partial charge < -0.3 is 49.9 Å². The molecule has 0 unspecified atom stereocenters. The fraction of sp³-hybridized carbons (Fsp3) is 0.214. The molecule has 1 saturated heterocycles. The molecule has 1 aliphatic heterocycles. The van der Waals surface area contributed by atoms with Crippen LogP contribution in [-0.2, 0) is 0 Å². The normalized spacial score (nSPS) is 12.9. The largest absolute Gasteiger partial charge is 1.00 e. The Balaban J connectivity index is 0.00000185. The zero-order valence-electron chi connectivity index (χ0n) is 22.1. The van der Waals surface area contributed by atoms with Crippen LogP contribution in [0.4, 0.5) is 5.82 Å². The lowest BCUT2D eigenvalue weighted by Crippen LogP contribution is -3.00. The van der Waals surface area contributed by atoms with Crippen molar-refractivity contribution in [1.82, 2.24) is 14.9 Å². The van der Waals surface area contributed by atoms with Gasteiger partial charge in [-0.3, -0.25) is 4.79 Å². The number of aromatic nitrogens is 4. The molecule has 1 amide bonds. The molecule has 4 N–H and O–H groups in total. The molecule has 12 heteroatoms. The lowest BCUT2D eigenvalue weighted by atomic mass is 10.1. The SMILES string of the molecule is COc1cc2nc(SC)[n+](C3CN(C(=O)c4cc5ccc(-c6ccc[nH+]c6)cc5[nH]4)C3)c(N)c2cc1OC.[Cl-].[Cl-]. The van der Waals surface area contributed by atoms with Crippen LogP contribution in [0.5, 0.6) is 11.5 Å². The van der Waals surface area contributed by atoms with Crippen LogP contribution in [0.3, 0.4) is 0 Å². The van der Waals surface area contributed by atoms with Crippen molar-refractivity contribution in [3.8, 4) is 22.6 Å². The fourth-order valence-electron chi connectivity index (χ4n) is 5.00. The molecule has 0 bridgehead atoms. The lowest BCUT2D eigenvalue weighted by molar-refractivity contribution is -0.755. The number of H-pyrrole nitrogens is 2. The summed E-state index contributed by atoms with van der Waals surface area (Å²) in [6.07, 6.45) is 5.80. The van der Waals surface area contributed by atoms with Crippen molar-refractivity contribution in [3.05, 3.63) is 66.6 Å². The number of nitrogen functional groups attached to an aromatic ring is 1. The Morgan fingerprint density at radius 2 is 1.85 bits per heavy atom. The predicted molar refractivity (Wildman–Crippen MR) is 146 cm³/mol. The highest BCUT2D eigenvalue weighted by atomic mass is 35.5. The maximum absolute atomic E-state index is 13.3. The number of methoxy groups -OCH3 is 2. The number of anilines is 1. The first-order valence-corrected chi connectivity index (χ1v) is 13.4. The molecule has 0 radical (unpaired) electrons. The molecule has 0 saturated carbocycles. The van der Waals surface area contributed by atoms with Crippen molar-refractivity contribution in [2.45, 2.75) is 11.2 Å². The highest BCUT2D eigenvalue weighted by Crippen LogP contribution is 2.35. The first-order chi connectivity index (χ1) is 18.5. The highest BCUT2D eigenvalue weighted by Gasteiger charge is 2.38. The number of amides is 1. The van der Waals surface area contributed by atoms with E-state index in [0.717, 1.165) is 38.1 Å². The number of fused-ring (bicyclic) bond motifs is 2. The zero-order chi connectivity index (χ0) is 26.4. The number of carbonyl (C=O) groups is 1. The molecule has 0 spiro atoms. The maximum Gasteiger partial charge on any atom is 0.299 e. The standard InChI is InChI=1S/C28H26N6O3S.2ClH/c1-36-24-11-20-22(12-25(24)37-2)32-28(38-3)34(26(20)29)19-14-33(15-19)27(35)23-10-17-7-6-16(9-21(17)31-23)18-5-4-8-30-13-18;;/h4-13,19,29H,14-15H2,1-3H3,(H,31,35);2*1H. The van der Waals surface area contributed by atoms with Crippen molar-refractivity contribution in [3.63, 3.8) is 0 Å². The number of halogens is 2. The average Bonchev–Trinajstić information content (AvgIpc) is 3.36. The minimum atomic E-state index is -0.0305. The molecule has 0 atom stereocenters. The number of aromatic amines is 2. The molecule has 40 heavy (non-hydrogen) atoms. The monoisotopic (exact) mass is 598 g/mol. The Morgan fingerprint density at radius 3 is 2.52 bits per heavy atom. The number of nitrogens with zero attached hydrogens (tertiary/aromatic N) is 3. The Kier molecular flexibility index (Phi) is 8.62. The Bertz CT molecular complexity index is 1690. The van der Waals surface area contributed by atoms with Crippen molar-refractivity contribution in [2.24, 2.45) is 0 Å². The van der Waals surface area contributed by atoms with Gasteiger partial charge in [0.1, 0.15) is 11.7 Å². The van der Waals surface area contributed by atoms with Gasteiger partial charge in [-0.2, -0.15) is 0 Å². The number of rotatable bonds is 6. The summed E-state index contributed by atoms with van der Waals surface area (Å²) in [5.41, 5.74) is 11.1. The van der Waals surface area contributed by atoms with E-state index in [2.05, 4.69) is 22.1 Å². The summed E-state index contributed by atoms with van der Waals surface area (Å²) in [5.74, 6) is 1.75. The van der Waals surface area contributed by atoms with E-state index in [4.69, 9.17) is 20.2 Å². The molecule has 208 valence electrons. The topological polar surface area (TPSA) is 111 Å². The predicted octanol–water partition coefficient (Wildman–Crippen LogP) is -2.49. The first kappa shape index (κ1) is 29.3. The van der Waals surface area contributed by atoms with E-state index in [1.54, 1.807) is 14.2 Å². The van der Waals surface area contributed by atoms with Crippen LogP contribution < -0.4 is 49.6 Å². The van der Waals surface area contributed by atoms with E-state index in [9.17, 15) is 4.79 Å². The summed E-state index contributed by atoms with van der Waals surface area (Å²) in [5, 5.41) is 2.57. The van der Waals surface area contributed by atoms with Crippen LogP contribution in [0.1, 0.15) is 16.5 Å². The fourth-order valence-corrected chi connectivity index (χ4v) is 5.64. The summed E-state index contributed by atoms with van der Waals surface area (Å²) in [7, 11) is 3.19. The minimum absolute atomic E-state index is 0. The van der Waals surface area contributed by atoms with Gasteiger partial charge in [-0.15, -0.1) is 0 Å². The van der Waals surface area contributed by atoms with Gasteiger partial charge in [0.2, 0.25) is 5.82 Å². The second-order valence-electron chi connectivity index (χ2n) is 9.22. The van der Waals surface area contributed by atoms with Crippen LogP contribution in [0.15, 0.2) is 66.1 Å². The van der Waals surface area contributed by atoms with Gasteiger partial charge in [0, 0.05) is 34.7 Å². The zero-order valence-corrected chi connectivity index (χ0v) is 24.4. The van der Waals surface area contributed by atoms with Gasteiger partial charge in [-0.05, 0) is 30.0 Å². The third-order valence-corrected chi connectivity index (χ3v) is 7.70. The van der Waals surface area contributed by atoms with E-state index in [1.165, 1.54) is 11.8 Å². The molecule has 2 aromatic carbocycles. The van der Waals surface area contributed by atoms with Gasteiger partial charge in [-0.1, -0.05) is 28.9 Å². The average molecular weight is 600 g/mol. The van der Waals surface area contributed by atoms with E-state index in [1.807, 2.05) is 64.5 Å². The summed E-state index contributed by atoms with van der Waals surface area (Å²) in [4.78, 5) is 26.4. The number of hydrogen-bond acceptors (Lipinski definition) is 6. The highest BCUT2D eigenvalue weighted by molar-refractivity contribution is 7.98. The van der Waals surface area contributed by atoms with Crippen molar-refractivity contribution < 1.29 is 48.6 Å². The molecule has 4 heterocycles. The molecule has 9 nitrogen and oxygen atoms in total. The van der Waals surface area contributed by atoms with Crippen molar-refractivity contribution in [1.29, 1.82) is 0 Å². The number of pyridine rings is 1. The van der Waals surface area contributed by atoms with Crippen LogP contribution in [-0.4, -0.2) is 54.3 Å². The number of likely N-dealkylation sites (tertiary alicyclic amines) is 1. The minimum Gasteiger partial charge on any atom is -1.00 e. The molecule has 0 aliphatic carbocycles. The Hall–Kier alpha value is -3.73. The maximum atomic E-state index is 13.3. The second kappa shape index (κ2) is 11.8. The van der Waals surface area contributed by atoms with Crippen molar-refractivity contribution >= 4 is 45.3 Å². The van der Waals surface area contributed by atoms with Gasteiger partial charge in [0.15, 0.2) is 29.4 Å². The molecule has 1 fully saturated rings. The summed E-state index contributed by atoms with van der Waals surface area (Å²) in [6.45, 7) is 1.09. The Morgan fingerprint density at radius 1 is 1.10 bits per heavy atom. The number of thioether (sulfide) groups is 1. The van der Waals surface area contributed by atoms with Crippen LogP contribution >= 0.6 is 11.8 Å². The van der Waals surface area contributed by atoms with Crippen LogP contribution in [0.2, 0.25) is 0 Å². The van der Waals surface area contributed by atoms with Crippen molar-refractivity contribution in [2.75, 3.05) is 39.3 Å². The first-order valence-electron chi connectivity index (χ1n) is 12.2. The smallest absolute Gasteiger partial charge is 0.299 e. The van der Waals surface area contributed by atoms with Crippen LogP contribution in [0, 0.1) is 0 Å². The van der Waals surface area contributed by atoms with E-state index >= 15 is 0 Å². The molecule has 3 aromatic heterocycles. The van der Waals surface area contributed by atoms with Crippen LogP contribution in [0.25, 0.3) is 32.9 Å². The molecular formula is C28H28Cl2N6O3S. The molecule has 1 aliphatic rings. The quantitative estimate of drug-likeness (QED) is 0.127. The summed E-state index contributed by atoms with van der Waals surface area (Å²) in [6, 6.07) is 15.8. The third kappa shape index (κ3) is 4.98. The molecule has 6 rings (SSSR count). The summed E-state index contributed by atoms with van der Waals surface area (Å²) < 4.78 is 12.9. The molecule has 5 aromatic rings. The number of carbonyl (C=O) groups excluding carboxylic acids is 1. The van der Waals surface area contributed by atoms with Gasteiger partial charge in [0.25, 0.3) is 11.1 Å². The van der Waals surface area contributed by atoms with Gasteiger partial charge in [0.05, 0.1) is 32.7 Å². The van der Waals surface area contributed by atoms with Gasteiger partial charge >= 0.3 is 0 Å². The number of nitrogens with two attached hydrogens (primary N) is 1. The second-order valence-corrected chi connectivity index (χ2v) is 9.99. The van der Waals surface area contributed by atoms with Gasteiger partial charge in [-0.25, -0.2) is 9.55 Å². The number of benzene rings is 2. The number of nitrogens with one attached hydrogen (secondary N) is 2. The van der Waals surface area contributed by atoms with E-state index in [-0.39, 0.29) is 36.8 Å². The third-order valence-electron chi connectivity index (χ3n) is 7.05. The molecular weight excluding hydrogens is 571 g/mol. The number of hydrogen-bond donors (Lipinski definition) is 2. The van der Waals surface area contributed by atoms with E-state index in [0.29, 0.717) is 36.1 Å².